The molecular weight excluding hydrogens is 756 g/mol. The number of amides is 6. The van der Waals surface area contributed by atoms with Crippen LogP contribution in [0, 0.1) is 0 Å². The molecule has 0 aromatic heterocycles. The van der Waals surface area contributed by atoms with Gasteiger partial charge in [0.2, 0.25) is 23.6 Å². The Labute approximate surface area is 326 Å². The predicted octanol–water partition coefficient (Wildman–Crippen LogP) is -0.312. The van der Waals surface area contributed by atoms with E-state index < -0.39 is 96.6 Å². The van der Waals surface area contributed by atoms with Crippen molar-refractivity contribution in [1.29, 1.82) is 0 Å². The van der Waals surface area contributed by atoms with Gasteiger partial charge >= 0.3 is 29.9 Å². The Morgan fingerprint density at radius 1 is 0.518 bits per heavy atom. The van der Waals surface area contributed by atoms with Crippen molar-refractivity contribution < 1.29 is 63.6 Å². The average molecular weight is 803 g/mol. The second kappa shape index (κ2) is 24.3. The van der Waals surface area contributed by atoms with Crippen molar-refractivity contribution >= 4 is 66.2 Å². The molecule has 56 heavy (non-hydrogen) atoms. The van der Waals surface area contributed by atoms with Crippen molar-refractivity contribution in [3.63, 3.8) is 0 Å². The highest BCUT2D eigenvalue weighted by Crippen LogP contribution is 2.09. The summed E-state index contributed by atoms with van der Waals surface area (Å²) in [5, 5.41) is 51.0. The first kappa shape index (κ1) is 46.0. The van der Waals surface area contributed by atoms with Gasteiger partial charge in [-0.15, -0.1) is 0 Å². The number of carboxylic acid groups (broad SMARTS) is 4. The van der Waals surface area contributed by atoms with Crippen LogP contribution in [-0.4, -0.2) is 116 Å². The Bertz CT molecular complexity index is 1680. The largest absolute Gasteiger partial charge is 0.481 e. The van der Waals surface area contributed by atoms with Crippen LogP contribution >= 0.6 is 12.6 Å². The lowest BCUT2D eigenvalue weighted by Gasteiger charge is -2.24. The summed E-state index contributed by atoms with van der Waals surface area (Å²) in [6.07, 6.45) is -1.75. The highest BCUT2D eigenvalue weighted by molar-refractivity contribution is 7.80. The smallest absolute Gasteiger partial charge is 0.327 e. The number of carboxylic acids is 4. The fourth-order valence-electron chi connectivity index (χ4n) is 5.10. The number of hydrogen-bond acceptors (Lipinski definition) is 10. The second-order valence-corrected chi connectivity index (χ2v) is 12.8. The van der Waals surface area contributed by atoms with Gasteiger partial charge in [0.05, 0.1) is 0 Å². The molecule has 0 saturated carbocycles. The molecule has 1 unspecified atom stereocenters. The van der Waals surface area contributed by atoms with Crippen LogP contribution in [0.1, 0.15) is 49.7 Å². The number of nitrogens with one attached hydrogen (secondary N) is 6. The van der Waals surface area contributed by atoms with Crippen molar-refractivity contribution in [2.24, 2.45) is 0 Å². The average Bonchev–Trinajstić information content (AvgIpc) is 3.15. The van der Waals surface area contributed by atoms with Gasteiger partial charge in [-0.1, -0.05) is 60.7 Å². The fourth-order valence-corrected chi connectivity index (χ4v) is 5.34. The molecule has 0 aliphatic carbocycles. The van der Waals surface area contributed by atoms with Crippen LogP contribution in [0.3, 0.4) is 0 Å². The zero-order chi connectivity index (χ0) is 41.6. The Morgan fingerprint density at radius 2 is 0.964 bits per heavy atom. The Balaban J connectivity index is 1.98. The van der Waals surface area contributed by atoms with Crippen LogP contribution in [0.5, 0.6) is 0 Å². The molecule has 0 fully saturated rings. The number of rotatable bonds is 25. The summed E-state index contributed by atoms with van der Waals surface area (Å²) in [5.41, 5.74) is 1.37. The van der Waals surface area contributed by atoms with Crippen molar-refractivity contribution in [1.82, 2.24) is 31.9 Å². The summed E-state index contributed by atoms with van der Waals surface area (Å²) in [4.78, 5) is 110. The number of carbonyl (C=O) groups is 9. The molecule has 0 spiro atoms. The van der Waals surface area contributed by atoms with Gasteiger partial charge < -0.3 is 52.3 Å². The first-order valence-electron chi connectivity index (χ1n) is 17.4. The van der Waals surface area contributed by atoms with Gasteiger partial charge in [-0.05, 0) is 30.4 Å². The Kier molecular flexibility index (Phi) is 19.9. The lowest BCUT2D eigenvalue weighted by molar-refractivity contribution is -0.142. The standard InChI is InChI=1S/C36H46N6O13S/c43-28(15-13-23(33(49)50)41-36(55)42-24(34(51)52)14-16-30(45)46)37-17-7-12-29(44)38-25(18-21-8-3-1-4-9-21)31(47)39-26(19-22-10-5-2-6-11-22)32(48)40-27(20-56)35(53)54/h1-6,8-11,23-27,56H,7,12-20H2,(H,37,43)(H,38,44)(H,39,47)(H,40,48)(H,45,46)(H,49,50)(H,51,52)(H,53,54)(H2,41,42,55)/t23-,24-,25-,26-,27?/m0/s1. The van der Waals surface area contributed by atoms with E-state index in [0.29, 0.717) is 11.1 Å². The quantitative estimate of drug-likeness (QED) is 0.0454. The molecule has 5 atom stereocenters. The van der Waals surface area contributed by atoms with Crippen LogP contribution < -0.4 is 31.9 Å². The van der Waals surface area contributed by atoms with Gasteiger partial charge in [0, 0.05) is 44.4 Å². The van der Waals surface area contributed by atoms with Crippen LogP contribution in [-0.2, 0) is 51.2 Å². The van der Waals surface area contributed by atoms with Crippen molar-refractivity contribution in [2.75, 3.05) is 12.3 Å². The molecule has 0 radical (unpaired) electrons. The topological polar surface area (TPSA) is 307 Å². The predicted molar refractivity (Wildman–Crippen MR) is 200 cm³/mol. The molecular formula is C36H46N6O13S. The molecule has 304 valence electrons. The SMILES string of the molecule is O=C(O)CC[C@H](NC(=O)N[C@@H](CCC(=O)NCCCC(=O)N[C@@H](Cc1ccccc1)C(=O)N[C@@H](Cc1ccccc1)C(=O)NC(CS)C(=O)O)C(=O)O)C(=O)O. The molecule has 19 nitrogen and oxygen atoms in total. The zero-order valence-electron chi connectivity index (χ0n) is 30.1. The minimum atomic E-state index is -1.59. The lowest BCUT2D eigenvalue weighted by atomic mass is 10.0. The van der Waals surface area contributed by atoms with Gasteiger partial charge in [-0.3, -0.25) is 24.0 Å². The highest BCUT2D eigenvalue weighted by atomic mass is 32.1. The third-order valence-corrected chi connectivity index (χ3v) is 8.43. The maximum absolute atomic E-state index is 13.7. The third kappa shape index (κ3) is 17.8. The summed E-state index contributed by atoms with van der Waals surface area (Å²) in [7, 11) is 0. The Morgan fingerprint density at radius 3 is 1.41 bits per heavy atom. The molecule has 0 bridgehead atoms. The zero-order valence-corrected chi connectivity index (χ0v) is 31.0. The maximum Gasteiger partial charge on any atom is 0.327 e. The first-order chi connectivity index (χ1) is 26.6. The summed E-state index contributed by atoms with van der Waals surface area (Å²) in [6.45, 7) is -0.0213. The molecule has 0 aliphatic heterocycles. The van der Waals surface area contributed by atoms with E-state index in [1.807, 2.05) is 10.6 Å². The number of thiol groups is 1. The van der Waals surface area contributed by atoms with Crippen molar-refractivity contribution in [3.8, 4) is 0 Å². The van der Waals surface area contributed by atoms with Crippen molar-refractivity contribution in [2.45, 2.75) is 81.6 Å². The third-order valence-electron chi connectivity index (χ3n) is 8.06. The number of aliphatic carboxylic acids is 4. The van der Waals surface area contributed by atoms with Crippen LogP contribution in [0.15, 0.2) is 60.7 Å². The van der Waals surface area contributed by atoms with Crippen LogP contribution in [0.2, 0.25) is 0 Å². The van der Waals surface area contributed by atoms with E-state index in [4.69, 9.17) is 5.11 Å². The second-order valence-electron chi connectivity index (χ2n) is 12.5. The number of hydrogen-bond donors (Lipinski definition) is 11. The van der Waals surface area contributed by atoms with Gasteiger partial charge in [0.15, 0.2) is 0 Å². The van der Waals surface area contributed by atoms with Gasteiger partial charge in [0.25, 0.3) is 0 Å². The number of carbonyl (C=O) groups excluding carboxylic acids is 5. The summed E-state index contributed by atoms with van der Waals surface area (Å²) in [5.74, 6) is -8.49. The van der Waals surface area contributed by atoms with Crippen LogP contribution in [0.25, 0.3) is 0 Å². The van der Waals surface area contributed by atoms with E-state index >= 15 is 0 Å². The molecule has 2 rings (SSSR count). The maximum atomic E-state index is 13.7. The van der Waals surface area contributed by atoms with Gasteiger partial charge in [-0.2, -0.15) is 12.6 Å². The normalized spacial score (nSPS) is 13.3. The van der Waals surface area contributed by atoms with E-state index in [-0.39, 0.29) is 50.8 Å². The highest BCUT2D eigenvalue weighted by Gasteiger charge is 2.30. The molecule has 20 heteroatoms. The summed E-state index contributed by atoms with van der Waals surface area (Å²) < 4.78 is 0. The molecule has 0 heterocycles. The molecule has 2 aromatic rings. The van der Waals surface area contributed by atoms with Gasteiger partial charge in [-0.25, -0.2) is 19.2 Å². The number of benzene rings is 2. The summed E-state index contributed by atoms with van der Waals surface area (Å²) in [6, 6.07) is 9.38. The lowest BCUT2D eigenvalue weighted by Crippen LogP contribution is -2.57. The van der Waals surface area contributed by atoms with E-state index in [0.717, 1.165) is 0 Å². The minimum Gasteiger partial charge on any atom is -0.481 e. The van der Waals surface area contributed by atoms with Crippen LogP contribution in [0.4, 0.5) is 4.79 Å². The monoisotopic (exact) mass is 802 g/mol. The molecule has 6 amide bonds. The van der Waals surface area contributed by atoms with E-state index in [9.17, 15) is 58.5 Å². The number of urea groups is 1. The molecule has 0 aliphatic rings. The first-order valence-corrected chi connectivity index (χ1v) is 18.1. The molecule has 10 N–H and O–H groups in total. The van der Waals surface area contributed by atoms with Crippen molar-refractivity contribution in [3.05, 3.63) is 71.8 Å². The molecule has 0 saturated heterocycles. The van der Waals surface area contributed by atoms with E-state index in [1.165, 1.54) is 0 Å². The Hall–Kier alpha value is -6.18. The van der Waals surface area contributed by atoms with Gasteiger partial charge in [0.1, 0.15) is 30.2 Å². The molecule has 2 aromatic carbocycles. The van der Waals surface area contributed by atoms with E-state index in [2.05, 4.69) is 33.9 Å². The summed E-state index contributed by atoms with van der Waals surface area (Å²) >= 11 is 3.98. The fraction of sp³-hybridized carbons (Fsp3) is 0.417. The van der Waals surface area contributed by atoms with E-state index in [1.54, 1.807) is 60.7 Å². The minimum absolute atomic E-state index is 0.0132.